The molecule has 1 rings (SSSR count). The summed E-state index contributed by atoms with van der Waals surface area (Å²) in [7, 11) is -3.44. The number of sulfone groups is 1. The van der Waals surface area contributed by atoms with Crippen molar-refractivity contribution in [2.24, 2.45) is 0 Å². The molecule has 0 spiro atoms. The molecule has 5 nitrogen and oxygen atoms in total. The van der Waals surface area contributed by atoms with Crippen LogP contribution in [0.15, 0.2) is 35.2 Å². The fourth-order valence-electron chi connectivity index (χ4n) is 0.984. The van der Waals surface area contributed by atoms with Crippen molar-refractivity contribution in [2.75, 3.05) is 12.4 Å². The molecule has 1 aromatic carbocycles. The van der Waals surface area contributed by atoms with Gasteiger partial charge in [0, 0.05) is 0 Å². The molecule has 0 saturated carbocycles. The largest absolute Gasteiger partial charge is 0.505 e. The molecule has 1 N–H and O–H groups in total. The normalized spacial score (nSPS) is 10.9. The first-order valence-electron chi connectivity index (χ1n) is 4.16. The Morgan fingerprint density at radius 1 is 1.27 bits per heavy atom. The fraction of sp³-hybridized carbons (Fsp3) is 0.222. The standard InChI is InChI=1S/C9H10O5S/c10-9(11)14-6-7-15(12,13)8-4-2-1-3-5-8/h1-5H,6-7H2,(H,10,11). The molecule has 0 fully saturated rings. The van der Waals surface area contributed by atoms with E-state index in [1.807, 2.05) is 0 Å². The zero-order valence-corrected chi connectivity index (χ0v) is 8.61. The highest BCUT2D eigenvalue weighted by molar-refractivity contribution is 7.91. The van der Waals surface area contributed by atoms with Gasteiger partial charge in [-0.1, -0.05) is 18.2 Å². The molecular formula is C9H10O5S. The number of rotatable bonds is 4. The predicted octanol–water partition coefficient (Wildman–Crippen LogP) is 1.15. The minimum atomic E-state index is -3.44. The van der Waals surface area contributed by atoms with Crippen LogP contribution in [-0.4, -0.2) is 32.0 Å². The van der Waals surface area contributed by atoms with Crippen LogP contribution < -0.4 is 0 Å². The van der Waals surface area contributed by atoms with E-state index < -0.39 is 16.0 Å². The van der Waals surface area contributed by atoms with Crippen LogP contribution >= 0.6 is 0 Å². The summed E-state index contributed by atoms with van der Waals surface area (Å²) in [5, 5.41) is 8.16. The molecule has 0 aromatic heterocycles. The quantitative estimate of drug-likeness (QED) is 0.785. The van der Waals surface area contributed by atoms with Crippen LogP contribution in [0.5, 0.6) is 0 Å². The molecule has 0 heterocycles. The number of hydrogen-bond donors (Lipinski definition) is 1. The van der Waals surface area contributed by atoms with Gasteiger partial charge in [-0.15, -0.1) is 0 Å². The Balaban J connectivity index is 2.65. The van der Waals surface area contributed by atoms with E-state index >= 15 is 0 Å². The summed E-state index contributed by atoms with van der Waals surface area (Å²) in [5.41, 5.74) is 0. The van der Waals surface area contributed by atoms with Crippen molar-refractivity contribution in [3.05, 3.63) is 30.3 Å². The number of carboxylic acid groups (broad SMARTS) is 1. The highest BCUT2D eigenvalue weighted by Gasteiger charge is 2.14. The van der Waals surface area contributed by atoms with Gasteiger partial charge >= 0.3 is 6.16 Å². The average molecular weight is 230 g/mol. The molecule has 0 aliphatic carbocycles. The highest BCUT2D eigenvalue weighted by Crippen LogP contribution is 2.09. The topological polar surface area (TPSA) is 80.7 Å². The minimum absolute atomic E-state index is 0.166. The van der Waals surface area contributed by atoms with E-state index in [2.05, 4.69) is 4.74 Å². The monoisotopic (exact) mass is 230 g/mol. The number of carbonyl (C=O) groups is 1. The van der Waals surface area contributed by atoms with Crippen LogP contribution in [0.1, 0.15) is 0 Å². The first-order chi connectivity index (χ1) is 7.02. The minimum Gasteiger partial charge on any atom is -0.450 e. The first kappa shape index (κ1) is 11.5. The van der Waals surface area contributed by atoms with Crippen molar-refractivity contribution in [2.45, 2.75) is 4.90 Å². The second-order valence-corrected chi connectivity index (χ2v) is 4.86. The van der Waals surface area contributed by atoms with Gasteiger partial charge in [-0.3, -0.25) is 0 Å². The maximum absolute atomic E-state index is 11.5. The van der Waals surface area contributed by atoms with E-state index in [0.29, 0.717) is 0 Å². The molecule has 0 saturated heterocycles. The molecule has 1 aromatic rings. The predicted molar refractivity (Wildman–Crippen MR) is 52.5 cm³/mol. The smallest absolute Gasteiger partial charge is 0.450 e. The second kappa shape index (κ2) is 4.79. The Bertz CT molecular complexity index is 423. The summed E-state index contributed by atoms with van der Waals surface area (Å²) >= 11 is 0. The van der Waals surface area contributed by atoms with E-state index in [1.165, 1.54) is 12.1 Å². The Kier molecular flexibility index (Phi) is 3.68. The average Bonchev–Trinajstić information content (AvgIpc) is 2.18. The van der Waals surface area contributed by atoms with Crippen LogP contribution in [0, 0.1) is 0 Å². The maximum atomic E-state index is 11.5. The van der Waals surface area contributed by atoms with Crippen molar-refractivity contribution in [1.29, 1.82) is 0 Å². The highest BCUT2D eigenvalue weighted by atomic mass is 32.2. The van der Waals surface area contributed by atoms with Crippen LogP contribution in [0.2, 0.25) is 0 Å². The second-order valence-electron chi connectivity index (χ2n) is 2.75. The lowest BCUT2D eigenvalue weighted by molar-refractivity contribution is 0.0972. The fourth-order valence-corrected chi connectivity index (χ4v) is 2.09. The number of ether oxygens (including phenoxy) is 1. The van der Waals surface area contributed by atoms with E-state index in [4.69, 9.17) is 5.11 Å². The van der Waals surface area contributed by atoms with Gasteiger partial charge in [0.1, 0.15) is 6.61 Å². The van der Waals surface area contributed by atoms with E-state index in [0.717, 1.165) is 0 Å². The van der Waals surface area contributed by atoms with Gasteiger partial charge in [-0.05, 0) is 12.1 Å². The Morgan fingerprint density at radius 2 is 1.87 bits per heavy atom. The summed E-state index contributed by atoms with van der Waals surface area (Å²) in [4.78, 5) is 10.2. The molecular weight excluding hydrogens is 220 g/mol. The molecule has 0 bridgehead atoms. The first-order valence-corrected chi connectivity index (χ1v) is 5.81. The van der Waals surface area contributed by atoms with Gasteiger partial charge in [0.2, 0.25) is 0 Å². The summed E-state index contributed by atoms with van der Waals surface area (Å²) in [6.07, 6.45) is -1.47. The molecule has 0 amide bonds. The van der Waals surface area contributed by atoms with Crippen molar-refractivity contribution in [3.8, 4) is 0 Å². The molecule has 6 heteroatoms. The van der Waals surface area contributed by atoms with Gasteiger partial charge in [0.15, 0.2) is 9.84 Å². The summed E-state index contributed by atoms with van der Waals surface area (Å²) in [6, 6.07) is 7.81. The van der Waals surface area contributed by atoms with Crippen LogP contribution in [0.25, 0.3) is 0 Å². The third kappa shape index (κ3) is 3.59. The van der Waals surface area contributed by atoms with Crippen LogP contribution in [-0.2, 0) is 14.6 Å². The molecule has 15 heavy (non-hydrogen) atoms. The lowest BCUT2D eigenvalue weighted by Crippen LogP contribution is -2.14. The summed E-state index contributed by atoms with van der Waals surface area (Å²) in [6.45, 7) is -0.355. The summed E-state index contributed by atoms with van der Waals surface area (Å²) in [5.74, 6) is -0.344. The van der Waals surface area contributed by atoms with Gasteiger partial charge in [0.05, 0.1) is 10.6 Å². The SMILES string of the molecule is O=C(O)OCCS(=O)(=O)c1ccccc1. The Labute approximate surface area is 87.2 Å². The zero-order valence-electron chi connectivity index (χ0n) is 7.79. The van der Waals surface area contributed by atoms with E-state index in [9.17, 15) is 13.2 Å². The summed E-state index contributed by atoms with van der Waals surface area (Å²) < 4.78 is 27.2. The third-order valence-corrected chi connectivity index (χ3v) is 3.37. The maximum Gasteiger partial charge on any atom is 0.505 e. The molecule has 0 radical (unpaired) electrons. The number of hydrogen-bond acceptors (Lipinski definition) is 4. The van der Waals surface area contributed by atoms with E-state index in [-0.39, 0.29) is 17.3 Å². The van der Waals surface area contributed by atoms with Gasteiger partial charge in [0.25, 0.3) is 0 Å². The lowest BCUT2D eigenvalue weighted by atomic mass is 10.4. The van der Waals surface area contributed by atoms with Gasteiger partial charge in [-0.2, -0.15) is 0 Å². The van der Waals surface area contributed by atoms with E-state index in [1.54, 1.807) is 18.2 Å². The van der Waals surface area contributed by atoms with Gasteiger partial charge in [-0.25, -0.2) is 13.2 Å². The molecule has 0 aliphatic heterocycles. The van der Waals surface area contributed by atoms with Crippen molar-refractivity contribution >= 4 is 16.0 Å². The number of benzene rings is 1. The van der Waals surface area contributed by atoms with Crippen molar-refractivity contribution < 1.29 is 23.1 Å². The lowest BCUT2D eigenvalue weighted by Gasteiger charge is -2.03. The van der Waals surface area contributed by atoms with Gasteiger partial charge < -0.3 is 9.84 Å². The molecule has 82 valence electrons. The van der Waals surface area contributed by atoms with Crippen molar-refractivity contribution in [3.63, 3.8) is 0 Å². The zero-order chi connectivity index (χ0) is 11.3. The Morgan fingerprint density at radius 3 is 2.40 bits per heavy atom. The molecule has 0 unspecified atom stereocenters. The van der Waals surface area contributed by atoms with Crippen molar-refractivity contribution in [1.82, 2.24) is 0 Å². The molecule has 0 atom stereocenters. The Hall–Kier alpha value is -1.56. The third-order valence-electron chi connectivity index (χ3n) is 1.68. The van der Waals surface area contributed by atoms with Crippen LogP contribution in [0.4, 0.5) is 4.79 Å². The molecule has 0 aliphatic rings. The van der Waals surface area contributed by atoms with Crippen LogP contribution in [0.3, 0.4) is 0 Å².